The molecule has 0 amide bonds. The summed E-state index contributed by atoms with van der Waals surface area (Å²) in [6.45, 7) is 3.94. The molecule has 0 bridgehead atoms. The third kappa shape index (κ3) is 7.56. The van der Waals surface area contributed by atoms with Gasteiger partial charge in [0.05, 0.1) is 11.5 Å². The fraction of sp³-hybridized carbons (Fsp3) is 1.00. The van der Waals surface area contributed by atoms with Crippen molar-refractivity contribution >= 4 is 20.0 Å². The molecule has 0 aliphatic carbocycles. The van der Waals surface area contributed by atoms with Gasteiger partial charge in [-0.25, -0.2) is 16.8 Å². The highest BCUT2D eigenvalue weighted by Gasteiger charge is 2.24. The monoisotopic (exact) mass is 328 g/mol. The molecular formula is C12H26NO5S2-. The van der Waals surface area contributed by atoms with Crippen molar-refractivity contribution in [3.8, 4) is 0 Å². The normalized spacial score (nSPS) is 13.0. The minimum atomic E-state index is -4.25. The van der Waals surface area contributed by atoms with E-state index in [4.69, 9.17) is 0 Å². The molecule has 8 heteroatoms. The molecule has 0 heterocycles. The van der Waals surface area contributed by atoms with Crippen LogP contribution in [0.4, 0.5) is 0 Å². The van der Waals surface area contributed by atoms with Crippen LogP contribution >= 0.6 is 0 Å². The maximum atomic E-state index is 11.7. The topological polar surface area (TPSA) is 94.6 Å². The second-order valence-corrected chi connectivity index (χ2v) is 8.96. The fourth-order valence-electron chi connectivity index (χ4n) is 1.74. The van der Waals surface area contributed by atoms with E-state index in [1.54, 1.807) is 0 Å². The molecule has 122 valence electrons. The number of rotatable bonds is 12. The van der Waals surface area contributed by atoms with E-state index in [2.05, 4.69) is 0 Å². The molecule has 0 atom stereocenters. The average Bonchev–Trinajstić information content (AvgIpc) is 2.37. The van der Waals surface area contributed by atoms with E-state index in [9.17, 15) is 22.0 Å². The SMILES string of the molecule is CCCCCCCS(=O)(=O)N([O-])S(=O)(=O)CCCCC. The van der Waals surface area contributed by atoms with Crippen LogP contribution in [0.15, 0.2) is 0 Å². The third-order valence-corrected chi connectivity index (χ3v) is 6.85. The largest absolute Gasteiger partial charge is 0.759 e. The van der Waals surface area contributed by atoms with E-state index in [1.807, 2.05) is 13.8 Å². The number of sulfonamides is 2. The van der Waals surface area contributed by atoms with Crippen LogP contribution in [-0.2, 0) is 20.0 Å². The van der Waals surface area contributed by atoms with Crippen molar-refractivity contribution in [2.24, 2.45) is 0 Å². The smallest absolute Gasteiger partial charge is 0.215 e. The summed E-state index contributed by atoms with van der Waals surface area (Å²) in [5, 5.41) is 11.5. The molecule has 0 aliphatic heterocycles. The Morgan fingerprint density at radius 1 is 0.700 bits per heavy atom. The summed E-state index contributed by atoms with van der Waals surface area (Å²) in [6, 6.07) is 0. The quantitative estimate of drug-likeness (QED) is 0.405. The minimum absolute atomic E-state index is 0.309. The number of hydrogen-bond donors (Lipinski definition) is 0. The van der Waals surface area contributed by atoms with Gasteiger partial charge in [0.15, 0.2) is 0 Å². The van der Waals surface area contributed by atoms with Gasteiger partial charge in [-0.1, -0.05) is 52.4 Å². The number of unbranched alkanes of at least 4 members (excludes halogenated alkanes) is 6. The van der Waals surface area contributed by atoms with Gasteiger partial charge in [-0.15, -0.1) is 0 Å². The van der Waals surface area contributed by atoms with Gasteiger partial charge >= 0.3 is 0 Å². The van der Waals surface area contributed by atoms with E-state index >= 15 is 0 Å². The molecule has 0 aromatic heterocycles. The van der Waals surface area contributed by atoms with Crippen molar-refractivity contribution in [3.63, 3.8) is 0 Å². The van der Waals surface area contributed by atoms with E-state index < -0.39 is 35.4 Å². The Bertz CT molecular complexity index is 444. The van der Waals surface area contributed by atoms with Gasteiger partial charge in [0.1, 0.15) is 0 Å². The summed E-state index contributed by atoms with van der Waals surface area (Å²) in [4.78, 5) is 0. The summed E-state index contributed by atoms with van der Waals surface area (Å²) in [5.41, 5.74) is 0. The standard InChI is InChI=1S/C12H26NO5S2/c1-3-5-7-8-10-12-20(17,18)13(14)19(15,16)11-9-6-4-2/h3-12H2,1-2H3/q-1. The zero-order valence-electron chi connectivity index (χ0n) is 12.4. The summed E-state index contributed by atoms with van der Waals surface area (Å²) < 4.78 is 45.9. The Labute approximate surface area is 123 Å². The van der Waals surface area contributed by atoms with Gasteiger partial charge in [-0.3, -0.25) is 0 Å². The lowest BCUT2D eigenvalue weighted by atomic mass is 10.2. The van der Waals surface area contributed by atoms with Gasteiger partial charge < -0.3 is 5.21 Å². The first-order chi connectivity index (χ1) is 9.28. The van der Waals surface area contributed by atoms with Gasteiger partial charge in [0.25, 0.3) is 0 Å². The fourth-order valence-corrected chi connectivity index (χ4v) is 5.01. The Balaban J connectivity index is 4.37. The molecule has 0 saturated heterocycles. The molecule has 0 fully saturated rings. The number of hydrogen-bond acceptors (Lipinski definition) is 5. The first-order valence-corrected chi connectivity index (χ1v) is 10.4. The number of nitrogens with zero attached hydrogens (tertiary/aromatic N) is 1. The van der Waals surface area contributed by atoms with Gasteiger partial charge in [0.2, 0.25) is 20.0 Å². The molecule has 0 aliphatic rings. The van der Waals surface area contributed by atoms with Crippen molar-refractivity contribution in [1.82, 2.24) is 3.87 Å². The van der Waals surface area contributed by atoms with E-state index in [0.29, 0.717) is 25.7 Å². The zero-order valence-corrected chi connectivity index (χ0v) is 14.0. The average molecular weight is 328 g/mol. The molecule has 0 spiro atoms. The van der Waals surface area contributed by atoms with Crippen molar-refractivity contribution in [3.05, 3.63) is 5.21 Å². The second kappa shape index (κ2) is 9.70. The highest BCUT2D eigenvalue weighted by Crippen LogP contribution is 2.13. The maximum absolute atomic E-state index is 11.7. The molecule has 0 aromatic rings. The first-order valence-electron chi connectivity index (χ1n) is 7.21. The molecule has 0 unspecified atom stereocenters. The maximum Gasteiger partial charge on any atom is 0.215 e. The third-order valence-electron chi connectivity index (χ3n) is 2.97. The summed E-state index contributed by atoms with van der Waals surface area (Å²) in [5.74, 6) is -0.799. The summed E-state index contributed by atoms with van der Waals surface area (Å²) >= 11 is 0. The predicted octanol–water partition coefficient (Wildman–Crippen LogP) is 2.61. The Hall–Kier alpha value is -0.180. The van der Waals surface area contributed by atoms with Crippen LogP contribution in [-0.4, -0.2) is 32.2 Å². The Kier molecular flexibility index (Phi) is 9.61. The van der Waals surface area contributed by atoms with Crippen LogP contribution in [0.25, 0.3) is 0 Å². The molecule has 20 heavy (non-hydrogen) atoms. The van der Waals surface area contributed by atoms with Crippen LogP contribution in [0.1, 0.15) is 65.2 Å². The Morgan fingerprint density at radius 3 is 1.50 bits per heavy atom. The second-order valence-electron chi connectivity index (χ2n) is 4.92. The van der Waals surface area contributed by atoms with Gasteiger partial charge in [-0.2, -0.15) is 3.87 Å². The molecule has 0 rings (SSSR count). The van der Waals surface area contributed by atoms with Crippen molar-refractivity contribution in [2.45, 2.75) is 65.2 Å². The Morgan fingerprint density at radius 2 is 1.05 bits per heavy atom. The molecule has 0 aromatic carbocycles. The lowest BCUT2D eigenvalue weighted by molar-refractivity contribution is 0.531. The lowest BCUT2D eigenvalue weighted by Gasteiger charge is -2.26. The lowest BCUT2D eigenvalue weighted by Crippen LogP contribution is -2.35. The van der Waals surface area contributed by atoms with E-state index in [-0.39, 0.29) is 0 Å². The minimum Gasteiger partial charge on any atom is -0.759 e. The van der Waals surface area contributed by atoms with Crippen LogP contribution in [0.3, 0.4) is 0 Å². The first kappa shape index (κ1) is 19.8. The van der Waals surface area contributed by atoms with Crippen LogP contribution < -0.4 is 0 Å². The van der Waals surface area contributed by atoms with Crippen molar-refractivity contribution in [2.75, 3.05) is 11.5 Å². The molecule has 0 saturated carbocycles. The van der Waals surface area contributed by atoms with Crippen molar-refractivity contribution in [1.29, 1.82) is 0 Å². The summed E-state index contributed by atoms with van der Waals surface area (Å²) in [6.07, 6.45) is 5.73. The molecule has 0 N–H and O–H groups in total. The zero-order chi connectivity index (χ0) is 15.6. The van der Waals surface area contributed by atoms with Crippen LogP contribution in [0.5, 0.6) is 0 Å². The molecule has 0 radical (unpaired) electrons. The van der Waals surface area contributed by atoms with Crippen LogP contribution in [0.2, 0.25) is 0 Å². The van der Waals surface area contributed by atoms with E-state index in [1.165, 1.54) is 0 Å². The van der Waals surface area contributed by atoms with Gasteiger partial charge in [0, 0.05) is 0 Å². The summed E-state index contributed by atoms with van der Waals surface area (Å²) in [7, 11) is -8.50. The van der Waals surface area contributed by atoms with Crippen molar-refractivity contribution < 1.29 is 16.8 Å². The van der Waals surface area contributed by atoms with Crippen LogP contribution in [0, 0.1) is 5.21 Å². The highest BCUT2D eigenvalue weighted by molar-refractivity contribution is 8.04. The highest BCUT2D eigenvalue weighted by atomic mass is 32.3. The van der Waals surface area contributed by atoms with Gasteiger partial charge in [-0.05, 0) is 12.8 Å². The molecule has 6 nitrogen and oxygen atoms in total. The predicted molar refractivity (Wildman–Crippen MR) is 81.1 cm³/mol. The molecular weight excluding hydrogens is 302 g/mol. The van der Waals surface area contributed by atoms with E-state index in [0.717, 1.165) is 25.7 Å².